The number of hydrogen-bond donors (Lipinski definition) is 1. The predicted molar refractivity (Wildman–Crippen MR) is 128 cm³/mol. The second-order valence-corrected chi connectivity index (χ2v) is 7.02. The molecule has 1 aliphatic rings. The first-order chi connectivity index (χ1) is 13.6. The number of benzene rings is 2. The van der Waals surface area contributed by atoms with Crippen LogP contribution in [0.1, 0.15) is 18.4 Å². The van der Waals surface area contributed by atoms with E-state index in [9.17, 15) is 4.39 Å². The van der Waals surface area contributed by atoms with E-state index >= 15 is 0 Å². The summed E-state index contributed by atoms with van der Waals surface area (Å²) in [5.41, 5.74) is 2.25. The first kappa shape index (κ1) is 23.3. The van der Waals surface area contributed by atoms with Crippen LogP contribution >= 0.6 is 24.0 Å². The Morgan fingerprint density at radius 3 is 2.38 bits per heavy atom. The lowest BCUT2D eigenvalue weighted by molar-refractivity contribution is 0.371. The van der Waals surface area contributed by atoms with Crippen molar-refractivity contribution in [3.8, 4) is 5.75 Å². The minimum absolute atomic E-state index is 0. The molecule has 3 rings (SSSR count). The number of halogens is 2. The Kier molecular flexibility index (Phi) is 9.00. The van der Waals surface area contributed by atoms with E-state index in [4.69, 9.17) is 4.74 Å². The molecule has 0 aromatic heterocycles. The number of rotatable bonds is 5. The minimum atomic E-state index is -0.198. The van der Waals surface area contributed by atoms with E-state index in [1.165, 1.54) is 17.7 Å². The van der Waals surface area contributed by atoms with Crippen molar-refractivity contribution in [3.05, 3.63) is 59.9 Å². The van der Waals surface area contributed by atoms with Crippen LogP contribution in [0.3, 0.4) is 0 Å². The Morgan fingerprint density at radius 1 is 1.10 bits per heavy atom. The van der Waals surface area contributed by atoms with Gasteiger partial charge in [-0.1, -0.05) is 25.1 Å². The van der Waals surface area contributed by atoms with Gasteiger partial charge < -0.3 is 19.9 Å². The minimum Gasteiger partial charge on any atom is -0.496 e. The van der Waals surface area contributed by atoms with Crippen molar-refractivity contribution in [1.82, 2.24) is 10.2 Å². The van der Waals surface area contributed by atoms with Gasteiger partial charge in [-0.3, -0.25) is 4.99 Å². The number of ether oxygens (including phenoxy) is 1. The molecule has 0 amide bonds. The molecule has 1 aliphatic heterocycles. The molecule has 1 atom stereocenters. The predicted octanol–water partition coefficient (Wildman–Crippen LogP) is 3.95. The lowest BCUT2D eigenvalue weighted by Gasteiger charge is -2.38. The number of piperazine rings is 1. The van der Waals surface area contributed by atoms with E-state index in [0.717, 1.165) is 50.1 Å². The van der Waals surface area contributed by atoms with Gasteiger partial charge in [0.1, 0.15) is 11.6 Å². The molecule has 0 spiro atoms. The maximum Gasteiger partial charge on any atom is 0.193 e. The number of anilines is 1. The highest BCUT2D eigenvalue weighted by Crippen LogP contribution is 2.25. The van der Waals surface area contributed by atoms with Crippen LogP contribution in [0.4, 0.5) is 10.1 Å². The lowest BCUT2D eigenvalue weighted by atomic mass is 10.0. The quantitative estimate of drug-likeness (QED) is 0.374. The van der Waals surface area contributed by atoms with Crippen molar-refractivity contribution < 1.29 is 9.13 Å². The molecule has 1 N–H and O–H groups in total. The topological polar surface area (TPSA) is 40.1 Å². The number of nitrogens with one attached hydrogen (secondary N) is 1. The van der Waals surface area contributed by atoms with Crippen LogP contribution in [0.25, 0.3) is 0 Å². The standard InChI is InChI=1S/C22H29FN4O.HI/c1-17(20-6-4-5-7-21(20)28-3)16-25-22(24-2)27-14-12-26(13-15-27)19-10-8-18(23)9-11-19;/h4-11,17H,12-16H2,1-3H3,(H,24,25);1H. The van der Waals surface area contributed by atoms with Crippen molar-refractivity contribution in [2.24, 2.45) is 4.99 Å². The number of guanidine groups is 1. The van der Waals surface area contributed by atoms with Gasteiger partial charge >= 0.3 is 0 Å². The van der Waals surface area contributed by atoms with Crippen LogP contribution in [0.15, 0.2) is 53.5 Å². The fraction of sp³-hybridized carbons (Fsp3) is 0.409. The van der Waals surface area contributed by atoms with Gasteiger partial charge in [0.2, 0.25) is 0 Å². The molecule has 2 aromatic carbocycles. The Morgan fingerprint density at radius 2 is 1.76 bits per heavy atom. The zero-order valence-electron chi connectivity index (χ0n) is 17.3. The van der Waals surface area contributed by atoms with Crippen molar-refractivity contribution in [1.29, 1.82) is 0 Å². The van der Waals surface area contributed by atoms with Gasteiger partial charge in [-0.15, -0.1) is 24.0 Å². The number of para-hydroxylation sites is 1. The molecule has 1 unspecified atom stereocenters. The summed E-state index contributed by atoms with van der Waals surface area (Å²) in [5.74, 6) is 1.93. The third-order valence-electron chi connectivity index (χ3n) is 5.22. The number of methoxy groups -OCH3 is 1. The first-order valence-electron chi connectivity index (χ1n) is 9.71. The summed E-state index contributed by atoms with van der Waals surface area (Å²) in [4.78, 5) is 9.01. The van der Waals surface area contributed by atoms with Crippen LogP contribution in [0.2, 0.25) is 0 Å². The SMILES string of the molecule is CN=C(NCC(C)c1ccccc1OC)N1CCN(c2ccc(F)cc2)CC1.I. The second-order valence-electron chi connectivity index (χ2n) is 7.02. The zero-order chi connectivity index (χ0) is 19.9. The first-order valence-corrected chi connectivity index (χ1v) is 9.71. The van der Waals surface area contributed by atoms with Crippen molar-refractivity contribution in [2.45, 2.75) is 12.8 Å². The summed E-state index contributed by atoms with van der Waals surface area (Å²) in [5, 5.41) is 3.50. The summed E-state index contributed by atoms with van der Waals surface area (Å²) in [6.45, 7) is 6.48. The van der Waals surface area contributed by atoms with Crippen LogP contribution in [-0.2, 0) is 0 Å². The summed E-state index contributed by atoms with van der Waals surface area (Å²) < 4.78 is 18.6. The molecule has 0 aliphatic carbocycles. The summed E-state index contributed by atoms with van der Waals surface area (Å²) in [6.07, 6.45) is 0. The third kappa shape index (κ3) is 5.98. The average Bonchev–Trinajstić information content (AvgIpc) is 2.75. The Labute approximate surface area is 190 Å². The van der Waals surface area contributed by atoms with Gasteiger partial charge in [0.15, 0.2) is 5.96 Å². The lowest BCUT2D eigenvalue weighted by Crippen LogP contribution is -2.53. The second kappa shape index (κ2) is 11.2. The Hall–Kier alpha value is -2.03. The molecule has 7 heteroatoms. The van der Waals surface area contributed by atoms with E-state index in [-0.39, 0.29) is 29.8 Å². The van der Waals surface area contributed by atoms with E-state index in [0.29, 0.717) is 5.92 Å². The van der Waals surface area contributed by atoms with E-state index in [1.807, 2.05) is 37.4 Å². The highest BCUT2D eigenvalue weighted by Gasteiger charge is 2.20. The monoisotopic (exact) mass is 512 g/mol. The molecule has 1 heterocycles. The molecule has 1 saturated heterocycles. The van der Waals surface area contributed by atoms with Gasteiger partial charge in [-0.05, 0) is 35.9 Å². The molecule has 2 aromatic rings. The van der Waals surface area contributed by atoms with Crippen LogP contribution in [0.5, 0.6) is 5.75 Å². The summed E-state index contributed by atoms with van der Waals surface area (Å²) in [7, 11) is 3.53. The third-order valence-corrected chi connectivity index (χ3v) is 5.22. The molecule has 0 bridgehead atoms. The Bertz CT molecular complexity index is 792. The van der Waals surface area contributed by atoms with Gasteiger partial charge in [-0.2, -0.15) is 0 Å². The van der Waals surface area contributed by atoms with Gasteiger partial charge in [0.05, 0.1) is 7.11 Å². The number of aliphatic imine (C=N–C) groups is 1. The highest BCUT2D eigenvalue weighted by atomic mass is 127. The molecular weight excluding hydrogens is 482 g/mol. The zero-order valence-corrected chi connectivity index (χ0v) is 19.6. The summed E-state index contributed by atoms with van der Waals surface area (Å²) in [6, 6.07) is 14.8. The van der Waals surface area contributed by atoms with Crippen molar-refractivity contribution >= 4 is 35.6 Å². The number of nitrogens with zero attached hydrogens (tertiary/aromatic N) is 3. The molecular formula is C22H30FIN4O. The van der Waals surface area contributed by atoms with Crippen LogP contribution in [-0.4, -0.2) is 57.7 Å². The van der Waals surface area contributed by atoms with Crippen molar-refractivity contribution in [3.63, 3.8) is 0 Å². The molecule has 0 radical (unpaired) electrons. The van der Waals surface area contributed by atoms with Gasteiger partial charge in [0, 0.05) is 51.4 Å². The fourth-order valence-corrected chi connectivity index (χ4v) is 3.59. The fourth-order valence-electron chi connectivity index (χ4n) is 3.59. The van der Waals surface area contributed by atoms with Crippen molar-refractivity contribution in [2.75, 3.05) is 51.8 Å². The maximum atomic E-state index is 13.1. The molecule has 29 heavy (non-hydrogen) atoms. The van der Waals surface area contributed by atoms with Gasteiger partial charge in [0.25, 0.3) is 0 Å². The molecule has 5 nitrogen and oxygen atoms in total. The van der Waals surface area contributed by atoms with E-state index in [1.54, 1.807) is 7.11 Å². The molecule has 1 fully saturated rings. The van der Waals surface area contributed by atoms with E-state index < -0.39 is 0 Å². The molecule has 0 saturated carbocycles. The van der Waals surface area contributed by atoms with Crippen LogP contribution < -0.4 is 15.0 Å². The van der Waals surface area contributed by atoms with Gasteiger partial charge in [-0.25, -0.2) is 4.39 Å². The van der Waals surface area contributed by atoms with Crippen LogP contribution in [0, 0.1) is 5.82 Å². The number of hydrogen-bond acceptors (Lipinski definition) is 3. The normalized spacial score (nSPS) is 15.5. The Balaban J connectivity index is 0.00000300. The highest BCUT2D eigenvalue weighted by molar-refractivity contribution is 14.0. The summed E-state index contributed by atoms with van der Waals surface area (Å²) >= 11 is 0. The maximum absolute atomic E-state index is 13.1. The average molecular weight is 512 g/mol. The smallest absolute Gasteiger partial charge is 0.193 e. The largest absolute Gasteiger partial charge is 0.496 e. The van der Waals surface area contributed by atoms with E-state index in [2.05, 4.69) is 33.1 Å². The molecule has 158 valence electrons.